The Morgan fingerprint density at radius 1 is 1.11 bits per heavy atom. The molecule has 0 aliphatic carbocycles. The Hall–Kier alpha value is -1.03. The van der Waals surface area contributed by atoms with Crippen LogP contribution in [0.5, 0.6) is 0 Å². The van der Waals surface area contributed by atoms with Crippen molar-refractivity contribution in [1.29, 1.82) is 0 Å². The van der Waals surface area contributed by atoms with Crippen LogP contribution in [0.4, 0.5) is 5.88 Å². The molecular weight excluding hydrogens is 226 g/mol. The Kier molecular flexibility index (Phi) is 15.1. The van der Waals surface area contributed by atoms with Gasteiger partial charge in [-0.05, 0) is 39.3 Å². The van der Waals surface area contributed by atoms with E-state index in [1.54, 1.807) is 0 Å². The van der Waals surface area contributed by atoms with Gasteiger partial charge in [0.05, 0.1) is 5.69 Å². The zero-order chi connectivity index (χ0) is 14.4. The van der Waals surface area contributed by atoms with E-state index < -0.39 is 0 Å². The summed E-state index contributed by atoms with van der Waals surface area (Å²) in [4.78, 5) is 0. The van der Waals surface area contributed by atoms with E-state index in [0.29, 0.717) is 5.88 Å². The first-order chi connectivity index (χ1) is 8.67. The fourth-order valence-corrected chi connectivity index (χ4v) is 1.19. The summed E-state index contributed by atoms with van der Waals surface area (Å²) in [6, 6.07) is 0. The highest BCUT2D eigenvalue weighted by Gasteiger charge is 2.04. The molecule has 1 aromatic heterocycles. The summed E-state index contributed by atoms with van der Waals surface area (Å²) in [5, 5.41) is 7.02. The van der Waals surface area contributed by atoms with Crippen molar-refractivity contribution >= 4 is 5.88 Å². The lowest BCUT2D eigenvalue weighted by Crippen LogP contribution is -2.14. The molecule has 0 spiro atoms. The van der Waals surface area contributed by atoms with Crippen molar-refractivity contribution in [1.82, 2.24) is 10.5 Å². The normalized spacial score (nSPS) is 9.00. The number of nitrogen functional groups attached to an aromatic ring is 1. The van der Waals surface area contributed by atoms with Crippen LogP contribution < -0.4 is 11.1 Å². The van der Waals surface area contributed by atoms with Gasteiger partial charge in [0, 0.05) is 5.56 Å². The second-order valence-electron chi connectivity index (χ2n) is 3.72. The smallest absolute Gasteiger partial charge is 0.225 e. The molecule has 18 heavy (non-hydrogen) atoms. The largest absolute Gasteiger partial charge is 0.367 e. The highest BCUT2D eigenvalue weighted by molar-refractivity contribution is 5.37. The van der Waals surface area contributed by atoms with Gasteiger partial charge in [0.2, 0.25) is 5.88 Å². The van der Waals surface area contributed by atoms with Gasteiger partial charge in [-0.2, -0.15) is 0 Å². The van der Waals surface area contributed by atoms with Crippen molar-refractivity contribution in [2.24, 2.45) is 0 Å². The molecule has 0 aliphatic rings. The molecule has 1 rings (SSSR count). The molecule has 0 fully saturated rings. The van der Waals surface area contributed by atoms with E-state index in [9.17, 15) is 0 Å². The average molecular weight is 257 g/mol. The number of hydrogen-bond donors (Lipinski definition) is 2. The van der Waals surface area contributed by atoms with Crippen LogP contribution >= 0.6 is 0 Å². The molecular formula is C14H31N3O. The Balaban J connectivity index is 0. The molecule has 0 amide bonds. The summed E-state index contributed by atoms with van der Waals surface area (Å²) in [6.45, 7) is 14.6. The third-order valence-corrected chi connectivity index (χ3v) is 2.25. The SMILES string of the molecule is CC.CCCNCCC.CCc1noc(N)c1C. The predicted octanol–water partition coefficient (Wildman–Crippen LogP) is 3.55. The zero-order valence-electron chi connectivity index (χ0n) is 13.0. The van der Waals surface area contributed by atoms with Crippen LogP contribution in [0.3, 0.4) is 0 Å². The molecule has 1 aromatic rings. The van der Waals surface area contributed by atoms with E-state index in [-0.39, 0.29) is 0 Å². The average Bonchev–Trinajstić information content (AvgIpc) is 2.73. The molecule has 4 nitrogen and oxygen atoms in total. The lowest BCUT2D eigenvalue weighted by Gasteiger charge is -1.95. The van der Waals surface area contributed by atoms with E-state index in [1.807, 2.05) is 27.7 Å². The van der Waals surface area contributed by atoms with Crippen molar-refractivity contribution in [3.05, 3.63) is 11.3 Å². The van der Waals surface area contributed by atoms with Crippen LogP contribution in [0.15, 0.2) is 4.52 Å². The first kappa shape index (κ1) is 19.3. The van der Waals surface area contributed by atoms with Gasteiger partial charge < -0.3 is 15.6 Å². The lowest BCUT2D eigenvalue weighted by molar-refractivity contribution is 0.428. The number of rotatable bonds is 5. The maximum atomic E-state index is 5.39. The summed E-state index contributed by atoms with van der Waals surface area (Å²) in [7, 11) is 0. The van der Waals surface area contributed by atoms with Gasteiger partial charge in [-0.15, -0.1) is 0 Å². The van der Waals surface area contributed by atoms with Crippen molar-refractivity contribution < 1.29 is 4.52 Å². The van der Waals surface area contributed by atoms with Crippen LogP contribution in [-0.4, -0.2) is 18.2 Å². The minimum atomic E-state index is 0.437. The van der Waals surface area contributed by atoms with Crippen LogP contribution in [0.2, 0.25) is 0 Å². The van der Waals surface area contributed by atoms with E-state index in [0.717, 1.165) is 17.7 Å². The number of aryl methyl sites for hydroxylation is 1. The van der Waals surface area contributed by atoms with Crippen LogP contribution in [-0.2, 0) is 6.42 Å². The van der Waals surface area contributed by atoms with Crippen LogP contribution in [0.25, 0.3) is 0 Å². The minimum absolute atomic E-state index is 0.437. The summed E-state index contributed by atoms with van der Waals surface area (Å²) >= 11 is 0. The van der Waals surface area contributed by atoms with Gasteiger partial charge in [0.15, 0.2) is 0 Å². The second-order valence-corrected chi connectivity index (χ2v) is 3.72. The monoisotopic (exact) mass is 257 g/mol. The highest BCUT2D eigenvalue weighted by atomic mass is 16.5. The van der Waals surface area contributed by atoms with Gasteiger partial charge in [0.25, 0.3) is 0 Å². The number of nitrogens with one attached hydrogen (secondary N) is 1. The van der Waals surface area contributed by atoms with Crippen LogP contribution in [0, 0.1) is 6.92 Å². The van der Waals surface area contributed by atoms with Crippen molar-refractivity contribution in [2.45, 2.75) is 60.8 Å². The molecule has 3 N–H and O–H groups in total. The molecule has 0 aliphatic heterocycles. The molecule has 0 unspecified atom stereocenters. The molecule has 0 bridgehead atoms. The Bertz CT molecular complexity index is 268. The summed E-state index contributed by atoms with van der Waals surface area (Å²) in [5.41, 5.74) is 7.31. The Labute approximate surface area is 112 Å². The standard InChI is InChI=1S/C6H10N2O.C6H15N.C2H6/c1-3-5-4(2)6(7)9-8-5;1-3-5-7-6-4-2;1-2/h3,7H2,1-2H3;7H,3-6H2,1-2H3;1-2H3. The number of anilines is 1. The molecule has 0 saturated heterocycles. The van der Waals surface area contributed by atoms with Gasteiger partial charge in [-0.1, -0.05) is 39.8 Å². The van der Waals surface area contributed by atoms with Gasteiger partial charge in [0.1, 0.15) is 0 Å². The van der Waals surface area contributed by atoms with E-state index in [2.05, 4.69) is 24.3 Å². The van der Waals surface area contributed by atoms with Crippen LogP contribution in [0.1, 0.15) is 58.7 Å². The van der Waals surface area contributed by atoms with E-state index in [1.165, 1.54) is 25.9 Å². The molecule has 108 valence electrons. The zero-order valence-corrected chi connectivity index (χ0v) is 13.0. The molecule has 0 atom stereocenters. The highest BCUT2D eigenvalue weighted by Crippen LogP contribution is 2.13. The fraction of sp³-hybridized carbons (Fsp3) is 0.786. The molecule has 0 aromatic carbocycles. The second kappa shape index (κ2) is 14.0. The van der Waals surface area contributed by atoms with Crippen molar-refractivity contribution in [2.75, 3.05) is 18.8 Å². The van der Waals surface area contributed by atoms with Crippen molar-refractivity contribution in [3.63, 3.8) is 0 Å². The number of hydrogen-bond acceptors (Lipinski definition) is 4. The maximum Gasteiger partial charge on any atom is 0.225 e. The third-order valence-electron chi connectivity index (χ3n) is 2.25. The maximum absolute atomic E-state index is 5.39. The quantitative estimate of drug-likeness (QED) is 0.792. The van der Waals surface area contributed by atoms with Gasteiger partial charge in [-0.25, -0.2) is 0 Å². The molecule has 4 heteroatoms. The minimum Gasteiger partial charge on any atom is -0.367 e. The first-order valence-corrected chi connectivity index (χ1v) is 7.08. The summed E-state index contributed by atoms with van der Waals surface area (Å²) in [5.74, 6) is 0.437. The van der Waals surface area contributed by atoms with Crippen molar-refractivity contribution in [3.8, 4) is 0 Å². The number of nitrogens with zero attached hydrogens (tertiary/aromatic N) is 1. The summed E-state index contributed by atoms with van der Waals surface area (Å²) in [6.07, 6.45) is 3.38. The first-order valence-electron chi connectivity index (χ1n) is 7.08. The molecule has 1 heterocycles. The van der Waals surface area contributed by atoms with E-state index >= 15 is 0 Å². The van der Waals surface area contributed by atoms with Gasteiger partial charge >= 0.3 is 0 Å². The topological polar surface area (TPSA) is 64.1 Å². The number of nitrogens with two attached hydrogens (primary N) is 1. The fourth-order valence-electron chi connectivity index (χ4n) is 1.19. The molecule has 0 saturated carbocycles. The lowest BCUT2D eigenvalue weighted by atomic mass is 10.2. The number of aromatic nitrogens is 1. The van der Waals surface area contributed by atoms with Gasteiger partial charge in [-0.3, -0.25) is 0 Å². The van der Waals surface area contributed by atoms with E-state index in [4.69, 9.17) is 10.3 Å². The Morgan fingerprint density at radius 2 is 1.61 bits per heavy atom. The summed E-state index contributed by atoms with van der Waals surface area (Å²) < 4.78 is 4.71. The molecule has 0 radical (unpaired) electrons. The third kappa shape index (κ3) is 9.05. The Morgan fingerprint density at radius 3 is 1.83 bits per heavy atom. The predicted molar refractivity (Wildman–Crippen MR) is 79.8 cm³/mol.